The third-order valence-corrected chi connectivity index (χ3v) is 5.29. The van der Waals surface area contributed by atoms with Gasteiger partial charge in [0.1, 0.15) is 16.5 Å². The van der Waals surface area contributed by atoms with Gasteiger partial charge in [0.15, 0.2) is 5.82 Å². The molecule has 0 saturated heterocycles. The van der Waals surface area contributed by atoms with Crippen molar-refractivity contribution in [1.29, 1.82) is 0 Å². The van der Waals surface area contributed by atoms with Crippen LogP contribution in [0.4, 0.5) is 0 Å². The average molecular weight is 385 g/mol. The van der Waals surface area contributed by atoms with E-state index in [1.165, 1.54) is 0 Å². The molecule has 2 heterocycles. The number of hydrogen-bond acceptors (Lipinski definition) is 5. The molecule has 1 aliphatic heterocycles. The minimum absolute atomic E-state index is 0.622. The highest BCUT2D eigenvalue weighted by Crippen LogP contribution is 2.41. The fraction of sp³-hybridized carbons (Fsp3) is 0.200. The van der Waals surface area contributed by atoms with E-state index < -0.39 is 0 Å². The summed E-state index contributed by atoms with van der Waals surface area (Å²) in [7, 11) is 1.65. The molecule has 0 bridgehead atoms. The third-order valence-electron chi connectivity index (χ3n) is 4.16. The molecule has 0 atom stereocenters. The minimum atomic E-state index is 0.622. The fourth-order valence-corrected chi connectivity index (χ4v) is 3.84. The maximum absolute atomic E-state index is 6.13. The number of thioether (sulfide) groups is 1. The van der Waals surface area contributed by atoms with E-state index in [0.29, 0.717) is 16.7 Å². The predicted octanol–water partition coefficient (Wildman–Crippen LogP) is 5.61. The van der Waals surface area contributed by atoms with Crippen LogP contribution in [0, 0.1) is 0 Å². The molecule has 26 heavy (non-hydrogen) atoms. The molecule has 1 aliphatic rings. The molecule has 132 valence electrons. The molecule has 4 rings (SSSR count). The van der Waals surface area contributed by atoms with Crippen LogP contribution in [0.5, 0.6) is 17.4 Å². The molecular formula is C20H17ClN2O2S. The highest BCUT2D eigenvalue weighted by molar-refractivity contribution is 7.99. The number of benzene rings is 2. The molecule has 0 radical (unpaired) electrons. The normalized spacial score (nSPS) is 12.1. The largest absolute Gasteiger partial charge is 0.497 e. The summed E-state index contributed by atoms with van der Waals surface area (Å²) in [6.07, 6.45) is 0.719. The second-order valence-electron chi connectivity index (χ2n) is 5.83. The molecule has 0 amide bonds. The summed E-state index contributed by atoms with van der Waals surface area (Å²) in [4.78, 5) is 9.48. The summed E-state index contributed by atoms with van der Waals surface area (Å²) in [5.74, 6) is 3.80. The average Bonchev–Trinajstić information content (AvgIpc) is 2.67. The Labute approximate surface area is 161 Å². The van der Waals surface area contributed by atoms with Gasteiger partial charge in [0, 0.05) is 22.6 Å². The first kappa shape index (κ1) is 17.2. The molecule has 3 aromatic rings. The SMILES string of the molecule is CCSc1nc(-c2ccc(OC)cc2)nc2c1Cc1cc(Cl)ccc1O2. The summed E-state index contributed by atoms with van der Waals surface area (Å²) >= 11 is 7.83. The number of methoxy groups -OCH3 is 1. The van der Waals surface area contributed by atoms with Gasteiger partial charge in [-0.25, -0.2) is 4.98 Å². The van der Waals surface area contributed by atoms with E-state index in [9.17, 15) is 0 Å². The molecule has 0 fully saturated rings. The van der Waals surface area contributed by atoms with Crippen molar-refractivity contribution < 1.29 is 9.47 Å². The van der Waals surface area contributed by atoms with Crippen LogP contribution < -0.4 is 9.47 Å². The van der Waals surface area contributed by atoms with Gasteiger partial charge in [-0.15, -0.1) is 11.8 Å². The molecule has 4 nitrogen and oxygen atoms in total. The monoisotopic (exact) mass is 384 g/mol. The first-order chi connectivity index (χ1) is 12.7. The molecule has 1 aromatic heterocycles. The summed E-state index contributed by atoms with van der Waals surface area (Å²) < 4.78 is 11.3. The molecule has 0 unspecified atom stereocenters. The van der Waals surface area contributed by atoms with Gasteiger partial charge < -0.3 is 9.47 Å². The Morgan fingerprint density at radius 3 is 2.69 bits per heavy atom. The lowest BCUT2D eigenvalue weighted by Crippen LogP contribution is -2.09. The summed E-state index contributed by atoms with van der Waals surface area (Å²) in [5.41, 5.74) is 3.00. The van der Waals surface area contributed by atoms with Crippen LogP contribution in [0.3, 0.4) is 0 Å². The van der Waals surface area contributed by atoms with Crippen molar-refractivity contribution in [1.82, 2.24) is 9.97 Å². The van der Waals surface area contributed by atoms with Crippen LogP contribution in [0.15, 0.2) is 47.5 Å². The van der Waals surface area contributed by atoms with Gasteiger partial charge >= 0.3 is 0 Å². The van der Waals surface area contributed by atoms with Crippen molar-refractivity contribution in [2.45, 2.75) is 18.4 Å². The quantitative estimate of drug-likeness (QED) is 0.338. The smallest absolute Gasteiger partial charge is 0.227 e. The van der Waals surface area contributed by atoms with Crippen LogP contribution in [0.1, 0.15) is 18.1 Å². The van der Waals surface area contributed by atoms with Gasteiger partial charge in [-0.1, -0.05) is 18.5 Å². The molecule has 0 spiro atoms. The zero-order chi connectivity index (χ0) is 18.1. The van der Waals surface area contributed by atoms with Crippen molar-refractivity contribution in [3.8, 4) is 28.8 Å². The lowest BCUT2D eigenvalue weighted by Gasteiger charge is -2.22. The van der Waals surface area contributed by atoms with Crippen LogP contribution in [0.2, 0.25) is 5.02 Å². The molecule has 6 heteroatoms. The number of rotatable bonds is 4. The zero-order valence-electron chi connectivity index (χ0n) is 14.5. The van der Waals surface area contributed by atoms with Crippen molar-refractivity contribution in [3.05, 3.63) is 58.6 Å². The third kappa shape index (κ3) is 3.24. The van der Waals surface area contributed by atoms with Crippen molar-refractivity contribution in [2.24, 2.45) is 0 Å². The predicted molar refractivity (Wildman–Crippen MR) is 105 cm³/mol. The van der Waals surface area contributed by atoms with E-state index in [2.05, 4.69) is 11.9 Å². The molecule has 2 aromatic carbocycles. The number of ether oxygens (including phenoxy) is 2. The lowest BCUT2D eigenvalue weighted by molar-refractivity contribution is 0.415. The van der Waals surface area contributed by atoms with E-state index in [1.807, 2.05) is 42.5 Å². The number of fused-ring (bicyclic) bond motifs is 2. The van der Waals surface area contributed by atoms with Gasteiger partial charge in [-0.05, 0) is 48.2 Å². The van der Waals surface area contributed by atoms with Crippen LogP contribution in [-0.2, 0) is 6.42 Å². The van der Waals surface area contributed by atoms with Gasteiger partial charge in [-0.3, -0.25) is 0 Å². The highest BCUT2D eigenvalue weighted by atomic mass is 35.5. The Balaban J connectivity index is 1.79. The fourth-order valence-electron chi connectivity index (χ4n) is 2.89. The Morgan fingerprint density at radius 1 is 1.15 bits per heavy atom. The molecule has 0 saturated carbocycles. The Hall–Kier alpha value is -2.24. The van der Waals surface area contributed by atoms with Crippen LogP contribution in [0.25, 0.3) is 11.4 Å². The van der Waals surface area contributed by atoms with Crippen molar-refractivity contribution in [3.63, 3.8) is 0 Å². The number of aromatic nitrogens is 2. The maximum Gasteiger partial charge on any atom is 0.227 e. The lowest BCUT2D eigenvalue weighted by atomic mass is 10.0. The highest BCUT2D eigenvalue weighted by Gasteiger charge is 2.24. The summed E-state index contributed by atoms with van der Waals surface area (Å²) in [6, 6.07) is 13.4. The van der Waals surface area contributed by atoms with E-state index in [0.717, 1.165) is 45.4 Å². The van der Waals surface area contributed by atoms with Gasteiger partial charge in [0.2, 0.25) is 5.88 Å². The van der Waals surface area contributed by atoms with E-state index in [4.69, 9.17) is 26.1 Å². The van der Waals surface area contributed by atoms with E-state index in [-0.39, 0.29) is 0 Å². The molecule has 0 N–H and O–H groups in total. The topological polar surface area (TPSA) is 44.2 Å². The summed E-state index contributed by atoms with van der Waals surface area (Å²) in [6.45, 7) is 2.11. The maximum atomic E-state index is 6.13. The van der Waals surface area contributed by atoms with Crippen molar-refractivity contribution >= 4 is 23.4 Å². The molecule has 0 aliphatic carbocycles. The first-order valence-corrected chi connectivity index (χ1v) is 9.68. The standard InChI is InChI=1S/C20H17ClN2O2S/c1-3-26-20-16-11-13-10-14(21)6-9-17(13)25-19(16)22-18(23-20)12-4-7-15(24-2)8-5-12/h4-10H,3,11H2,1-2H3. The minimum Gasteiger partial charge on any atom is -0.497 e. The van der Waals surface area contributed by atoms with Gasteiger partial charge in [0.05, 0.1) is 12.7 Å². The first-order valence-electron chi connectivity index (χ1n) is 8.32. The number of halogens is 1. The Morgan fingerprint density at radius 2 is 1.96 bits per heavy atom. The van der Waals surface area contributed by atoms with Crippen LogP contribution >= 0.6 is 23.4 Å². The van der Waals surface area contributed by atoms with Crippen LogP contribution in [-0.4, -0.2) is 22.8 Å². The van der Waals surface area contributed by atoms with E-state index >= 15 is 0 Å². The molecular weight excluding hydrogens is 368 g/mol. The zero-order valence-corrected chi connectivity index (χ0v) is 16.0. The van der Waals surface area contributed by atoms with Gasteiger partial charge in [0.25, 0.3) is 0 Å². The Kier molecular flexibility index (Phi) is 4.74. The van der Waals surface area contributed by atoms with E-state index in [1.54, 1.807) is 18.9 Å². The van der Waals surface area contributed by atoms with Gasteiger partial charge in [-0.2, -0.15) is 4.98 Å². The second-order valence-corrected chi connectivity index (χ2v) is 7.52. The van der Waals surface area contributed by atoms with Crippen molar-refractivity contribution in [2.75, 3.05) is 12.9 Å². The number of hydrogen-bond donors (Lipinski definition) is 0. The number of nitrogens with zero attached hydrogens (tertiary/aromatic N) is 2. The second kappa shape index (κ2) is 7.17. The Bertz CT molecular complexity index is 961. The summed E-state index contributed by atoms with van der Waals surface area (Å²) in [5, 5.41) is 1.66.